The molecule has 2 nitrogen and oxygen atoms in total. The molecule has 2 N–H and O–H groups in total. The molecule has 0 atom stereocenters. The Morgan fingerprint density at radius 2 is 2.07 bits per heavy atom. The van der Waals surface area contributed by atoms with Gasteiger partial charge in [-0.25, -0.2) is 0 Å². The summed E-state index contributed by atoms with van der Waals surface area (Å²) in [4.78, 5) is 2.45. The van der Waals surface area contributed by atoms with E-state index in [4.69, 9.17) is 5.73 Å². The molecule has 1 fully saturated rings. The predicted octanol–water partition coefficient (Wildman–Crippen LogP) is 2.81. The monoisotopic (exact) mass is 204 g/mol. The summed E-state index contributed by atoms with van der Waals surface area (Å²) < 4.78 is 0. The van der Waals surface area contributed by atoms with E-state index in [9.17, 15) is 0 Å². The number of rotatable bonds is 1. The zero-order valence-electron chi connectivity index (χ0n) is 9.88. The lowest BCUT2D eigenvalue weighted by atomic mass is 9.93. The second-order valence-electron chi connectivity index (χ2n) is 5.33. The van der Waals surface area contributed by atoms with Gasteiger partial charge in [0.25, 0.3) is 0 Å². The summed E-state index contributed by atoms with van der Waals surface area (Å²) in [5, 5.41) is 0. The third kappa shape index (κ3) is 1.94. The van der Waals surface area contributed by atoms with E-state index < -0.39 is 0 Å². The maximum absolute atomic E-state index is 5.93. The molecule has 0 unspecified atom stereocenters. The lowest BCUT2D eigenvalue weighted by molar-refractivity contribution is 0.418. The average molecular weight is 204 g/mol. The average Bonchev–Trinajstić information content (AvgIpc) is 2.51. The van der Waals surface area contributed by atoms with Crippen LogP contribution in [-0.2, 0) is 0 Å². The van der Waals surface area contributed by atoms with Gasteiger partial charge in [0, 0.05) is 24.5 Å². The van der Waals surface area contributed by atoms with Gasteiger partial charge in [-0.3, -0.25) is 0 Å². The van der Waals surface area contributed by atoms with Crippen LogP contribution >= 0.6 is 0 Å². The minimum atomic E-state index is 0.442. The molecular weight excluding hydrogens is 184 g/mol. The van der Waals surface area contributed by atoms with Crippen molar-refractivity contribution in [3.05, 3.63) is 23.8 Å². The summed E-state index contributed by atoms with van der Waals surface area (Å²) in [6.07, 6.45) is 1.27. The molecule has 0 amide bonds. The van der Waals surface area contributed by atoms with Crippen LogP contribution in [0.3, 0.4) is 0 Å². The van der Waals surface area contributed by atoms with Gasteiger partial charge >= 0.3 is 0 Å². The zero-order chi connectivity index (χ0) is 11.1. The molecule has 15 heavy (non-hydrogen) atoms. The summed E-state index contributed by atoms with van der Waals surface area (Å²) >= 11 is 0. The third-order valence-electron chi connectivity index (χ3n) is 3.37. The molecule has 1 heterocycles. The molecule has 0 aliphatic carbocycles. The Kier molecular flexibility index (Phi) is 2.37. The van der Waals surface area contributed by atoms with E-state index in [1.165, 1.54) is 17.7 Å². The van der Waals surface area contributed by atoms with Gasteiger partial charge in [0.15, 0.2) is 0 Å². The van der Waals surface area contributed by atoms with Crippen LogP contribution in [0.1, 0.15) is 25.8 Å². The van der Waals surface area contributed by atoms with E-state index in [0.29, 0.717) is 5.41 Å². The molecule has 0 aromatic heterocycles. The van der Waals surface area contributed by atoms with Crippen LogP contribution in [0.4, 0.5) is 11.4 Å². The Morgan fingerprint density at radius 3 is 2.67 bits per heavy atom. The van der Waals surface area contributed by atoms with E-state index >= 15 is 0 Å². The second kappa shape index (κ2) is 3.44. The van der Waals surface area contributed by atoms with Crippen molar-refractivity contribution < 1.29 is 0 Å². The van der Waals surface area contributed by atoms with Gasteiger partial charge in [-0.05, 0) is 36.5 Å². The first-order valence-corrected chi connectivity index (χ1v) is 5.60. The predicted molar refractivity (Wildman–Crippen MR) is 66.2 cm³/mol. The van der Waals surface area contributed by atoms with Crippen molar-refractivity contribution in [2.24, 2.45) is 5.41 Å². The van der Waals surface area contributed by atoms with Crippen LogP contribution in [0.5, 0.6) is 0 Å². The Hall–Kier alpha value is -1.18. The van der Waals surface area contributed by atoms with Gasteiger partial charge in [-0.15, -0.1) is 0 Å². The number of hydrogen-bond acceptors (Lipinski definition) is 2. The van der Waals surface area contributed by atoms with Crippen LogP contribution in [0.15, 0.2) is 18.2 Å². The minimum Gasteiger partial charge on any atom is -0.398 e. The zero-order valence-corrected chi connectivity index (χ0v) is 9.88. The molecule has 1 aliphatic heterocycles. The van der Waals surface area contributed by atoms with Gasteiger partial charge in [0.2, 0.25) is 0 Å². The van der Waals surface area contributed by atoms with Crippen molar-refractivity contribution in [2.45, 2.75) is 27.2 Å². The number of benzene rings is 1. The number of nitrogens with zero attached hydrogens (tertiary/aromatic N) is 1. The topological polar surface area (TPSA) is 29.3 Å². The fourth-order valence-electron chi connectivity index (χ4n) is 2.30. The van der Waals surface area contributed by atoms with Gasteiger partial charge < -0.3 is 10.6 Å². The van der Waals surface area contributed by atoms with Gasteiger partial charge in [-0.1, -0.05) is 19.9 Å². The first-order chi connectivity index (χ1) is 6.99. The van der Waals surface area contributed by atoms with E-state index in [1.54, 1.807) is 0 Å². The number of nitrogen functional groups attached to an aromatic ring is 1. The Labute approximate surface area is 92.1 Å². The summed E-state index contributed by atoms with van der Waals surface area (Å²) in [6, 6.07) is 6.19. The molecule has 2 heteroatoms. The largest absolute Gasteiger partial charge is 0.398 e. The molecule has 0 bridgehead atoms. The summed E-state index contributed by atoms with van der Waals surface area (Å²) in [5.41, 5.74) is 9.79. The lowest BCUT2D eigenvalue weighted by Gasteiger charge is -2.23. The molecule has 0 spiro atoms. The van der Waals surface area contributed by atoms with E-state index in [-0.39, 0.29) is 0 Å². The normalized spacial score (nSPS) is 19.5. The number of nitrogens with two attached hydrogens (primary N) is 1. The highest BCUT2D eigenvalue weighted by molar-refractivity contribution is 5.64. The summed E-state index contributed by atoms with van der Waals surface area (Å²) in [6.45, 7) is 9.05. The minimum absolute atomic E-state index is 0.442. The molecule has 0 radical (unpaired) electrons. The van der Waals surface area contributed by atoms with Crippen molar-refractivity contribution in [2.75, 3.05) is 23.7 Å². The SMILES string of the molecule is Cc1c(N)cccc1N1CCC(C)(C)C1. The van der Waals surface area contributed by atoms with E-state index in [0.717, 1.165) is 18.8 Å². The molecular formula is C13H20N2. The van der Waals surface area contributed by atoms with Crippen LogP contribution in [0.25, 0.3) is 0 Å². The molecule has 2 rings (SSSR count). The highest BCUT2D eigenvalue weighted by atomic mass is 15.2. The van der Waals surface area contributed by atoms with Crippen molar-refractivity contribution in [3.8, 4) is 0 Å². The highest BCUT2D eigenvalue weighted by Gasteiger charge is 2.29. The number of anilines is 2. The number of hydrogen-bond donors (Lipinski definition) is 1. The first kappa shape index (κ1) is 10.3. The second-order valence-corrected chi connectivity index (χ2v) is 5.33. The van der Waals surface area contributed by atoms with Gasteiger partial charge in [0.05, 0.1) is 0 Å². The van der Waals surface area contributed by atoms with Crippen molar-refractivity contribution in [3.63, 3.8) is 0 Å². The summed E-state index contributed by atoms with van der Waals surface area (Å²) in [5.74, 6) is 0. The standard InChI is InChI=1S/C13H20N2/c1-10-11(14)5-4-6-12(10)15-8-7-13(2,3)9-15/h4-6H,7-9,14H2,1-3H3. The molecule has 1 aromatic carbocycles. The molecule has 82 valence electrons. The van der Waals surface area contributed by atoms with Crippen molar-refractivity contribution in [1.29, 1.82) is 0 Å². The van der Waals surface area contributed by atoms with Crippen LogP contribution in [0, 0.1) is 12.3 Å². The van der Waals surface area contributed by atoms with E-state index in [2.05, 4.69) is 31.7 Å². The van der Waals surface area contributed by atoms with Crippen molar-refractivity contribution >= 4 is 11.4 Å². The maximum Gasteiger partial charge on any atom is 0.0416 e. The lowest BCUT2D eigenvalue weighted by Crippen LogP contribution is -2.23. The Morgan fingerprint density at radius 1 is 1.33 bits per heavy atom. The molecule has 1 aliphatic rings. The van der Waals surface area contributed by atoms with Crippen LogP contribution in [-0.4, -0.2) is 13.1 Å². The fourth-order valence-corrected chi connectivity index (χ4v) is 2.30. The van der Waals surface area contributed by atoms with Crippen LogP contribution < -0.4 is 10.6 Å². The van der Waals surface area contributed by atoms with Crippen molar-refractivity contribution in [1.82, 2.24) is 0 Å². The van der Waals surface area contributed by atoms with Crippen LogP contribution in [0.2, 0.25) is 0 Å². The van der Waals surface area contributed by atoms with Gasteiger partial charge in [-0.2, -0.15) is 0 Å². The molecule has 1 saturated heterocycles. The first-order valence-electron chi connectivity index (χ1n) is 5.60. The smallest absolute Gasteiger partial charge is 0.0416 e. The van der Waals surface area contributed by atoms with Gasteiger partial charge in [0.1, 0.15) is 0 Å². The highest BCUT2D eigenvalue weighted by Crippen LogP contribution is 2.35. The fraction of sp³-hybridized carbons (Fsp3) is 0.538. The Bertz CT molecular complexity index is 369. The molecule has 0 saturated carbocycles. The molecule has 1 aromatic rings. The maximum atomic E-state index is 5.93. The summed E-state index contributed by atoms with van der Waals surface area (Å²) in [7, 11) is 0. The quantitative estimate of drug-likeness (QED) is 0.713. The Balaban J connectivity index is 2.28. The third-order valence-corrected chi connectivity index (χ3v) is 3.37. The van der Waals surface area contributed by atoms with E-state index in [1.807, 2.05) is 12.1 Å².